The zero-order valence-electron chi connectivity index (χ0n) is 13.0. The second-order valence-corrected chi connectivity index (χ2v) is 6.30. The van der Waals surface area contributed by atoms with Gasteiger partial charge in [0.1, 0.15) is 12.4 Å². The first-order chi connectivity index (χ1) is 11.5. The maximum absolute atomic E-state index is 12.0. The number of nitrogens with zero attached hydrogens (tertiary/aromatic N) is 2. The van der Waals surface area contributed by atoms with Gasteiger partial charge >= 0.3 is 5.76 Å². The van der Waals surface area contributed by atoms with E-state index in [2.05, 4.69) is 0 Å². The van der Waals surface area contributed by atoms with E-state index < -0.39 is 5.76 Å². The maximum Gasteiger partial charge on any atom is 0.421 e. The Morgan fingerprint density at radius 3 is 2.58 bits per heavy atom. The van der Waals surface area contributed by atoms with E-state index in [1.807, 2.05) is 24.1 Å². The monoisotopic (exact) mass is 366 g/mol. The number of fused-ring (bicyclic) bond motifs is 1. The number of hydrogen-bond donors (Lipinski definition) is 0. The predicted octanol–water partition coefficient (Wildman–Crippen LogP) is 3.87. The third-order valence-corrected chi connectivity index (χ3v) is 4.06. The van der Waals surface area contributed by atoms with E-state index in [-0.39, 0.29) is 0 Å². The van der Waals surface area contributed by atoms with Crippen molar-refractivity contribution in [2.24, 2.45) is 0 Å². The molecule has 1 heterocycles. The molecule has 1 aromatic heterocycles. The minimum atomic E-state index is -0.405. The van der Waals surface area contributed by atoms with Crippen molar-refractivity contribution < 1.29 is 9.15 Å². The normalized spacial score (nSPS) is 11.3. The van der Waals surface area contributed by atoms with Crippen molar-refractivity contribution in [3.8, 4) is 5.75 Å². The van der Waals surface area contributed by atoms with Crippen LogP contribution >= 0.6 is 23.2 Å². The van der Waals surface area contributed by atoms with Crippen LogP contribution in [0.4, 0.5) is 0 Å². The molecule has 7 heteroatoms. The molecule has 0 aliphatic carbocycles. The number of ether oxygens (including phenoxy) is 1. The lowest BCUT2D eigenvalue weighted by atomic mass is 10.3. The lowest BCUT2D eigenvalue weighted by molar-refractivity contribution is 0.203. The summed E-state index contributed by atoms with van der Waals surface area (Å²) in [5.41, 5.74) is 1.20. The smallest absolute Gasteiger partial charge is 0.421 e. The summed E-state index contributed by atoms with van der Waals surface area (Å²) in [4.78, 5) is 14.0. The van der Waals surface area contributed by atoms with Gasteiger partial charge in [-0.3, -0.25) is 9.47 Å². The first-order valence-electron chi connectivity index (χ1n) is 7.39. The van der Waals surface area contributed by atoms with Gasteiger partial charge in [0, 0.05) is 22.7 Å². The molecule has 0 atom stereocenters. The van der Waals surface area contributed by atoms with Crippen molar-refractivity contribution in [1.82, 2.24) is 9.47 Å². The third-order valence-electron chi connectivity index (χ3n) is 3.57. The van der Waals surface area contributed by atoms with Crippen LogP contribution in [0.1, 0.15) is 0 Å². The van der Waals surface area contributed by atoms with E-state index >= 15 is 0 Å². The Hall–Kier alpha value is -1.95. The SMILES string of the molecule is CN(CCOc1ccc(Cl)cc1)Cn1c(=O)oc2cc(Cl)ccc21. The number of halogens is 2. The molecule has 0 saturated carbocycles. The van der Waals surface area contributed by atoms with Crippen molar-refractivity contribution in [2.45, 2.75) is 6.67 Å². The Balaban J connectivity index is 1.60. The molecule has 126 valence electrons. The highest BCUT2D eigenvalue weighted by molar-refractivity contribution is 6.31. The second kappa shape index (κ2) is 7.30. The van der Waals surface area contributed by atoms with Crippen LogP contribution in [0.3, 0.4) is 0 Å². The first kappa shape index (κ1) is 16.9. The van der Waals surface area contributed by atoms with Crippen molar-refractivity contribution in [3.63, 3.8) is 0 Å². The Kier molecular flexibility index (Phi) is 5.14. The summed E-state index contributed by atoms with van der Waals surface area (Å²) in [7, 11) is 1.91. The van der Waals surface area contributed by atoms with Crippen LogP contribution in [-0.4, -0.2) is 29.7 Å². The van der Waals surface area contributed by atoms with Crippen molar-refractivity contribution >= 4 is 34.3 Å². The zero-order valence-corrected chi connectivity index (χ0v) is 14.5. The van der Waals surface area contributed by atoms with E-state index in [1.165, 1.54) is 0 Å². The summed E-state index contributed by atoms with van der Waals surface area (Å²) in [6.07, 6.45) is 0. The van der Waals surface area contributed by atoms with Crippen LogP contribution in [0.15, 0.2) is 51.7 Å². The van der Waals surface area contributed by atoms with Crippen LogP contribution < -0.4 is 10.5 Å². The van der Waals surface area contributed by atoms with Gasteiger partial charge in [-0.1, -0.05) is 23.2 Å². The van der Waals surface area contributed by atoms with Crippen LogP contribution in [0.25, 0.3) is 11.1 Å². The average molecular weight is 367 g/mol. The van der Waals surface area contributed by atoms with Crippen molar-refractivity contribution in [1.29, 1.82) is 0 Å². The summed E-state index contributed by atoms with van der Waals surface area (Å²) in [5, 5.41) is 1.21. The Morgan fingerprint density at radius 2 is 1.83 bits per heavy atom. The minimum absolute atomic E-state index is 0.400. The summed E-state index contributed by atoms with van der Waals surface area (Å²) in [6.45, 7) is 1.54. The molecule has 0 aliphatic heterocycles. The molecule has 2 aromatic carbocycles. The number of benzene rings is 2. The van der Waals surface area contributed by atoms with Crippen LogP contribution in [-0.2, 0) is 6.67 Å². The predicted molar refractivity (Wildman–Crippen MR) is 95.1 cm³/mol. The van der Waals surface area contributed by atoms with E-state index in [1.54, 1.807) is 34.9 Å². The molecule has 0 spiro atoms. The average Bonchev–Trinajstić information content (AvgIpc) is 2.84. The van der Waals surface area contributed by atoms with E-state index in [9.17, 15) is 4.79 Å². The van der Waals surface area contributed by atoms with Crippen LogP contribution in [0.5, 0.6) is 5.75 Å². The lowest BCUT2D eigenvalue weighted by Gasteiger charge is -2.17. The number of hydrogen-bond acceptors (Lipinski definition) is 4. The molecule has 0 radical (unpaired) electrons. The van der Waals surface area contributed by atoms with Gasteiger partial charge in [-0.2, -0.15) is 0 Å². The van der Waals surface area contributed by atoms with Gasteiger partial charge < -0.3 is 9.15 Å². The standard InChI is InChI=1S/C17H16Cl2N2O3/c1-20(8-9-23-14-5-2-12(18)3-6-14)11-21-15-7-4-13(19)10-16(15)24-17(21)22/h2-7,10H,8-9,11H2,1H3. The first-order valence-corrected chi connectivity index (χ1v) is 8.14. The summed E-state index contributed by atoms with van der Waals surface area (Å²) in [6, 6.07) is 12.4. The molecule has 0 unspecified atom stereocenters. The van der Waals surface area contributed by atoms with Crippen LogP contribution in [0.2, 0.25) is 10.0 Å². The molecule has 24 heavy (non-hydrogen) atoms. The quantitative estimate of drug-likeness (QED) is 0.664. The largest absolute Gasteiger partial charge is 0.492 e. The Labute approximate surface area is 148 Å². The van der Waals surface area contributed by atoms with Gasteiger partial charge in [-0.15, -0.1) is 0 Å². The third kappa shape index (κ3) is 3.93. The van der Waals surface area contributed by atoms with Crippen molar-refractivity contribution in [3.05, 3.63) is 63.1 Å². The van der Waals surface area contributed by atoms with Crippen molar-refractivity contribution in [2.75, 3.05) is 20.2 Å². The number of oxazole rings is 1. The molecule has 3 aromatic rings. The number of likely N-dealkylation sites (N-methyl/N-ethyl adjacent to an activating group) is 1. The fraction of sp³-hybridized carbons (Fsp3) is 0.235. The highest BCUT2D eigenvalue weighted by atomic mass is 35.5. The molecule has 3 rings (SSSR count). The maximum atomic E-state index is 12.0. The highest BCUT2D eigenvalue weighted by Gasteiger charge is 2.11. The molecule has 5 nitrogen and oxygen atoms in total. The molecule has 0 bridgehead atoms. The number of aromatic nitrogens is 1. The second-order valence-electron chi connectivity index (χ2n) is 5.43. The van der Waals surface area contributed by atoms with Gasteiger partial charge in [-0.05, 0) is 43.4 Å². The summed E-state index contributed by atoms with van der Waals surface area (Å²) >= 11 is 11.8. The van der Waals surface area contributed by atoms with Crippen LogP contribution in [0, 0.1) is 0 Å². The molecular weight excluding hydrogens is 351 g/mol. The molecule has 0 N–H and O–H groups in total. The van der Waals surface area contributed by atoms with Gasteiger partial charge in [0.25, 0.3) is 0 Å². The number of rotatable bonds is 6. The minimum Gasteiger partial charge on any atom is -0.492 e. The Bertz CT molecular complexity index is 887. The molecule has 0 aliphatic rings. The fourth-order valence-electron chi connectivity index (χ4n) is 2.34. The van der Waals surface area contributed by atoms with Gasteiger partial charge in [0.05, 0.1) is 12.2 Å². The van der Waals surface area contributed by atoms with E-state index in [4.69, 9.17) is 32.4 Å². The Morgan fingerprint density at radius 1 is 1.12 bits per heavy atom. The molecule has 0 amide bonds. The van der Waals surface area contributed by atoms with E-state index in [0.717, 1.165) is 11.3 Å². The highest BCUT2D eigenvalue weighted by Crippen LogP contribution is 2.18. The lowest BCUT2D eigenvalue weighted by Crippen LogP contribution is -2.30. The summed E-state index contributed by atoms with van der Waals surface area (Å²) < 4.78 is 12.4. The fourth-order valence-corrected chi connectivity index (χ4v) is 2.62. The zero-order chi connectivity index (χ0) is 17.1. The van der Waals surface area contributed by atoms with Gasteiger partial charge in [-0.25, -0.2) is 4.79 Å². The topological polar surface area (TPSA) is 47.6 Å². The molecular formula is C17H16Cl2N2O3. The molecule has 0 saturated heterocycles. The molecule has 0 fully saturated rings. The van der Waals surface area contributed by atoms with E-state index in [0.29, 0.717) is 35.4 Å². The summed E-state index contributed by atoms with van der Waals surface area (Å²) in [5.74, 6) is 0.353. The van der Waals surface area contributed by atoms with Gasteiger partial charge in [0.2, 0.25) is 0 Å². The van der Waals surface area contributed by atoms with Gasteiger partial charge in [0.15, 0.2) is 5.58 Å².